The van der Waals surface area contributed by atoms with E-state index in [-0.39, 0.29) is 34.0 Å². The fraction of sp³-hybridized carbons (Fsp3) is 0.200. The Morgan fingerprint density at radius 3 is 2.36 bits per heavy atom. The van der Waals surface area contributed by atoms with Gasteiger partial charge in [0.1, 0.15) is 5.70 Å². The van der Waals surface area contributed by atoms with Crippen LogP contribution in [0.25, 0.3) is 5.76 Å². The van der Waals surface area contributed by atoms with Crippen molar-refractivity contribution < 1.29 is 22.7 Å². The third-order valence-electron chi connectivity index (χ3n) is 4.21. The Morgan fingerprint density at radius 2 is 1.71 bits per heavy atom. The van der Waals surface area contributed by atoms with Crippen molar-refractivity contribution in [1.82, 2.24) is 4.31 Å². The minimum Gasteiger partial charge on any atom is -0.420 e. The minimum absolute atomic E-state index is 0.00313. The van der Waals surface area contributed by atoms with Crippen LogP contribution >= 0.6 is 15.9 Å². The van der Waals surface area contributed by atoms with Gasteiger partial charge in [0.2, 0.25) is 0 Å². The fourth-order valence-corrected chi connectivity index (χ4v) is 5.26. The predicted molar refractivity (Wildman–Crippen MR) is 108 cm³/mol. The van der Waals surface area contributed by atoms with Crippen LogP contribution in [0.3, 0.4) is 0 Å². The molecule has 1 aliphatic heterocycles. The number of Topliss-reactive ketones (excluding diaryl/α,β-unsaturated/α-hetero) is 1. The quantitative estimate of drug-likeness (QED) is 0.626. The maximum absolute atomic E-state index is 13.1. The number of esters is 1. The van der Waals surface area contributed by atoms with E-state index in [0.29, 0.717) is 10.9 Å². The van der Waals surface area contributed by atoms with Crippen LogP contribution in [0.4, 0.5) is 0 Å². The van der Waals surface area contributed by atoms with Crippen molar-refractivity contribution >= 4 is 43.5 Å². The molecule has 6 nitrogen and oxygen atoms in total. The van der Waals surface area contributed by atoms with E-state index in [9.17, 15) is 18.0 Å². The highest BCUT2D eigenvalue weighted by atomic mass is 79.9. The fourth-order valence-electron chi connectivity index (χ4n) is 3.01. The number of fused-ring (bicyclic) bond motifs is 1. The van der Waals surface area contributed by atoms with Gasteiger partial charge in [0, 0.05) is 23.5 Å². The zero-order valence-electron chi connectivity index (χ0n) is 15.3. The first-order valence-electron chi connectivity index (χ1n) is 8.63. The summed E-state index contributed by atoms with van der Waals surface area (Å²) in [4.78, 5) is 25.2. The Kier molecular flexibility index (Phi) is 5.71. The van der Waals surface area contributed by atoms with Gasteiger partial charge in [0.05, 0.1) is 10.5 Å². The normalized spacial score (nSPS) is 15.2. The molecule has 1 heterocycles. The van der Waals surface area contributed by atoms with E-state index in [1.165, 1.54) is 19.1 Å². The van der Waals surface area contributed by atoms with E-state index in [1.807, 2.05) is 0 Å². The second-order valence-electron chi connectivity index (χ2n) is 6.18. The minimum atomic E-state index is -3.93. The molecule has 0 amide bonds. The average Bonchev–Trinajstić information content (AvgIpc) is 2.66. The van der Waals surface area contributed by atoms with Gasteiger partial charge in [-0.3, -0.25) is 9.10 Å². The number of ketones is 1. The monoisotopic (exact) mass is 463 g/mol. The van der Waals surface area contributed by atoms with Crippen LogP contribution in [0.15, 0.2) is 63.6 Å². The molecule has 0 N–H and O–H groups in total. The lowest BCUT2D eigenvalue weighted by molar-refractivity contribution is -0.114. The summed E-state index contributed by atoms with van der Waals surface area (Å²) in [6, 6.07) is 12.9. The lowest BCUT2D eigenvalue weighted by Crippen LogP contribution is -2.38. The standard InChI is InChI=1S/C20H18BrNO5S/c1-3-12-22-18(13(2)23)19(15-9-5-7-11-17(15)28(22,25)26)27-20(24)14-8-4-6-10-16(14)21/h4-11H,3,12H2,1-2H3. The molecule has 2 aromatic rings. The van der Waals surface area contributed by atoms with Crippen molar-refractivity contribution in [2.24, 2.45) is 0 Å². The van der Waals surface area contributed by atoms with E-state index in [4.69, 9.17) is 4.74 Å². The topological polar surface area (TPSA) is 80.8 Å². The van der Waals surface area contributed by atoms with Crippen LogP contribution in [-0.4, -0.2) is 31.0 Å². The number of allylic oxidation sites excluding steroid dienone is 1. The van der Waals surface area contributed by atoms with Gasteiger partial charge in [0.25, 0.3) is 10.0 Å². The SMILES string of the molecule is CCCN1C(C(C)=O)=C(OC(=O)c2ccccc2Br)c2ccccc2S1(=O)=O. The van der Waals surface area contributed by atoms with E-state index in [0.717, 1.165) is 4.31 Å². The van der Waals surface area contributed by atoms with Gasteiger partial charge in [-0.1, -0.05) is 31.2 Å². The molecule has 0 bridgehead atoms. The third-order valence-corrected chi connectivity index (χ3v) is 6.76. The van der Waals surface area contributed by atoms with Gasteiger partial charge in [-0.25, -0.2) is 13.2 Å². The largest absolute Gasteiger partial charge is 0.420 e. The van der Waals surface area contributed by atoms with Crippen molar-refractivity contribution in [3.8, 4) is 0 Å². The van der Waals surface area contributed by atoms with Gasteiger partial charge >= 0.3 is 5.97 Å². The van der Waals surface area contributed by atoms with E-state index >= 15 is 0 Å². The highest BCUT2D eigenvalue weighted by Crippen LogP contribution is 2.38. The molecule has 146 valence electrons. The number of hydrogen-bond donors (Lipinski definition) is 0. The molecular weight excluding hydrogens is 446 g/mol. The summed E-state index contributed by atoms with van der Waals surface area (Å²) in [5.41, 5.74) is 0.326. The summed E-state index contributed by atoms with van der Waals surface area (Å²) in [6.07, 6.45) is 0.490. The molecule has 0 radical (unpaired) electrons. The Balaban J connectivity index is 2.22. The zero-order chi connectivity index (χ0) is 20.5. The molecule has 3 rings (SSSR count). The molecule has 8 heteroatoms. The zero-order valence-corrected chi connectivity index (χ0v) is 17.7. The number of carbonyl (C=O) groups excluding carboxylic acids is 2. The van der Waals surface area contributed by atoms with Gasteiger partial charge in [0.15, 0.2) is 11.5 Å². The van der Waals surface area contributed by atoms with Crippen LogP contribution < -0.4 is 0 Å². The van der Waals surface area contributed by atoms with E-state index in [2.05, 4.69) is 15.9 Å². The Labute approximate surface area is 172 Å². The third kappa shape index (κ3) is 3.49. The average molecular weight is 464 g/mol. The summed E-state index contributed by atoms with van der Waals surface area (Å²) in [7, 11) is -3.93. The van der Waals surface area contributed by atoms with Crippen molar-refractivity contribution in [3.05, 3.63) is 69.8 Å². The van der Waals surface area contributed by atoms with Gasteiger partial charge in [-0.05, 0) is 46.6 Å². The van der Waals surface area contributed by atoms with Gasteiger partial charge < -0.3 is 4.74 Å². The highest BCUT2D eigenvalue weighted by Gasteiger charge is 2.40. The number of nitrogens with zero attached hydrogens (tertiary/aromatic N) is 1. The Hall–Kier alpha value is -2.45. The van der Waals surface area contributed by atoms with Crippen LogP contribution in [0.2, 0.25) is 0 Å². The molecule has 1 aliphatic rings. The van der Waals surface area contributed by atoms with Crippen LogP contribution in [0.1, 0.15) is 36.2 Å². The molecule has 2 aromatic carbocycles. The lowest BCUT2D eigenvalue weighted by Gasteiger charge is -2.32. The smallest absolute Gasteiger partial charge is 0.344 e. The first kappa shape index (κ1) is 20.3. The Bertz CT molecular complexity index is 1090. The van der Waals surface area contributed by atoms with Crippen molar-refractivity contribution in [2.75, 3.05) is 6.54 Å². The summed E-state index contributed by atoms with van der Waals surface area (Å²) < 4.78 is 33.3. The molecule has 0 saturated heterocycles. The van der Waals surface area contributed by atoms with E-state index < -0.39 is 21.8 Å². The highest BCUT2D eigenvalue weighted by molar-refractivity contribution is 9.10. The van der Waals surface area contributed by atoms with Crippen LogP contribution in [0.5, 0.6) is 0 Å². The molecule has 0 aromatic heterocycles. The number of benzene rings is 2. The van der Waals surface area contributed by atoms with Crippen molar-refractivity contribution in [1.29, 1.82) is 0 Å². The number of halogens is 1. The summed E-state index contributed by atoms with van der Waals surface area (Å²) in [6.45, 7) is 3.16. The van der Waals surface area contributed by atoms with Gasteiger partial charge in [-0.2, -0.15) is 0 Å². The van der Waals surface area contributed by atoms with Gasteiger partial charge in [-0.15, -0.1) is 0 Å². The molecule has 0 unspecified atom stereocenters. The summed E-state index contributed by atoms with van der Waals surface area (Å²) >= 11 is 3.30. The summed E-state index contributed by atoms with van der Waals surface area (Å²) in [5, 5.41) is 0. The molecule has 0 spiro atoms. The summed E-state index contributed by atoms with van der Waals surface area (Å²) in [5.74, 6) is -1.24. The first-order valence-corrected chi connectivity index (χ1v) is 10.9. The molecule has 0 atom stereocenters. The maximum Gasteiger partial charge on any atom is 0.344 e. The second-order valence-corrected chi connectivity index (χ2v) is 8.86. The number of hydrogen-bond acceptors (Lipinski definition) is 5. The lowest BCUT2D eigenvalue weighted by atomic mass is 10.1. The second kappa shape index (κ2) is 7.89. The molecule has 0 aliphatic carbocycles. The van der Waals surface area contributed by atoms with E-state index in [1.54, 1.807) is 43.3 Å². The van der Waals surface area contributed by atoms with Crippen molar-refractivity contribution in [3.63, 3.8) is 0 Å². The molecule has 0 fully saturated rings. The number of carbonyl (C=O) groups is 2. The number of ether oxygens (including phenoxy) is 1. The van der Waals surface area contributed by atoms with Crippen LogP contribution in [-0.2, 0) is 19.6 Å². The Morgan fingerprint density at radius 1 is 1.07 bits per heavy atom. The molecule has 28 heavy (non-hydrogen) atoms. The predicted octanol–water partition coefficient (Wildman–Crippen LogP) is 3.98. The molecule has 0 saturated carbocycles. The maximum atomic E-state index is 13.1. The first-order chi connectivity index (χ1) is 13.3. The molecular formula is C20H18BrNO5S. The van der Waals surface area contributed by atoms with Crippen LogP contribution in [0, 0.1) is 0 Å². The number of rotatable bonds is 5. The number of sulfonamides is 1. The van der Waals surface area contributed by atoms with Crippen molar-refractivity contribution in [2.45, 2.75) is 25.2 Å².